The van der Waals surface area contributed by atoms with Crippen LogP contribution in [0.5, 0.6) is 0 Å². The van der Waals surface area contributed by atoms with Gasteiger partial charge in [0.25, 0.3) is 5.91 Å². The molecule has 4 nitrogen and oxygen atoms in total. The molecule has 11 heavy (non-hydrogen) atoms. The summed E-state index contributed by atoms with van der Waals surface area (Å²) in [6.45, 7) is 3.29. The van der Waals surface area contributed by atoms with E-state index >= 15 is 0 Å². The van der Waals surface area contributed by atoms with Crippen molar-refractivity contribution in [3.8, 4) is 0 Å². The molecule has 1 saturated heterocycles. The monoisotopic (exact) mass is 200 g/mol. The van der Waals surface area contributed by atoms with Crippen LogP contribution in [0.1, 0.15) is 13.8 Å². The molecule has 6 heteroatoms. The van der Waals surface area contributed by atoms with Crippen LogP contribution >= 0.6 is 24.8 Å². The average Bonchev–Trinajstić information content (AvgIpc) is 1.79. The molecule has 0 saturated carbocycles. The van der Waals surface area contributed by atoms with Crippen molar-refractivity contribution in [1.82, 2.24) is 10.6 Å². The van der Waals surface area contributed by atoms with E-state index < -0.39 is 11.6 Å². The van der Waals surface area contributed by atoms with Gasteiger partial charge in [0, 0.05) is 0 Å². The van der Waals surface area contributed by atoms with Crippen LogP contribution in [0.3, 0.4) is 0 Å². The van der Waals surface area contributed by atoms with Gasteiger partial charge < -0.3 is 5.32 Å². The summed E-state index contributed by atoms with van der Waals surface area (Å²) in [5, 5.41) is 4.56. The van der Waals surface area contributed by atoms with E-state index in [0.29, 0.717) is 0 Å². The van der Waals surface area contributed by atoms with Crippen molar-refractivity contribution in [2.45, 2.75) is 19.4 Å². The molecule has 0 spiro atoms. The topological polar surface area (TPSA) is 58.2 Å². The Bertz CT molecular complexity index is 181. The number of urea groups is 1. The molecule has 0 atom stereocenters. The second-order valence-corrected chi connectivity index (χ2v) is 2.53. The van der Waals surface area contributed by atoms with E-state index in [9.17, 15) is 9.59 Å². The number of carbonyl (C=O) groups excluding carboxylic acids is 2. The van der Waals surface area contributed by atoms with E-state index in [2.05, 4.69) is 10.6 Å². The molecule has 1 heterocycles. The zero-order chi connectivity index (χ0) is 7.07. The predicted molar refractivity (Wildman–Crippen MR) is 45.2 cm³/mol. The Morgan fingerprint density at radius 2 is 1.64 bits per heavy atom. The Morgan fingerprint density at radius 3 is 1.73 bits per heavy atom. The number of nitrogens with one attached hydrogen (secondary N) is 2. The number of hydrogen-bond donors (Lipinski definition) is 2. The molecule has 0 aromatic rings. The highest BCUT2D eigenvalue weighted by Crippen LogP contribution is 2.05. The highest BCUT2D eigenvalue weighted by molar-refractivity contribution is 6.06. The van der Waals surface area contributed by atoms with Gasteiger partial charge in [0.2, 0.25) is 0 Å². The lowest BCUT2D eigenvalue weighted by Crippen LogP contribution is -2.39. The third-order valence-corrected chi connectivity index (χ3v) is 1.22. The molecule has 0 aromatic carbocycles. The minimum atomic E-state index is -0.725. The van der Waals surface area contributed by atoms with Gasteiger partial charge in [-0.1, -0.05) is 0 Å². The van der Waals surface area contributed by atoms with Crippen LogP contribution in [-0.4, -0.2) is 17.5 Å². The second-order valence-electron chi connectivity index (χ2n) is 2.53. The summed E-state index contributed by atoms with van der Waals surface area (Å²) in [6, 6.07) is -0.412. The maximum Gasteiger partial charge on any atom is 0.322 e. The molecule has 1 aliphatic heterocycles. The van der Waals surface area contributed by atoms with Crippen LogP contribution in [0.4, 0.5) is 4.79 Å². The minimum Gasteiger partial charge on any atom is -0.324 e. The fourth-order valence-corrected chi connectivity index (χ4v) is 0.631. The van der Waals surface area contributed by atoms with E-state index in [1.54, 1.807) is 13.8 Å². The van der Waals surface area contributed by atoms with Crippen molar-refractivity contribution in [2.24, 2.45) is 0 Å². The highest BCUT2D eigenvalue weighted by atomic mass is 35.5. The summed E-state index contributed by atoms with van der Waals surface area (Å²) in [4.78, 5) is 21.1. The van der Waals surface area contributed by atoms with E-state index in [4.69, 9.17) is 0 Å². The summed E-state index contributed by atoms with van der Waals surface area (Å²) in [5.74, 6) is -0.271. The maximum atomic E-state index is 10.7. The normalized spacial score (nSPS) is 19.1. The van der Waals surface area contributed by atoms with Gasteiger partial charge in [0.15, 0.2) is 0 Å². The SMILES string of the molecule is CC1(C)NC(=O)NC1=O.Cl.Cl. The van der Waals surface area contributed by atoms with E-state index in [1.807, 2.05) is 0 Å². The zero-order valence-electron chi connectivity index (χ0n) is 6.13. The van der Waals surface area contributed by atoms with Gasteiger partial charge in [-0.3, -0.25) is 10.1 Å². The fraction of sp³-hybridized carbons (Fsp3) is 0.600. The van der Waals surface area contributed by atoms with Crippen molar-refractivity contribution in [3.05, 3.63) is 0 Å². The molecule has 1 rings (SSSR count). The Balaban J connectivity index is 0. The van der Waals surface area contributed by atoms with Crippen LogP contribution in [0.2, 0.25) is 0 Å². The third-order valence-electron chi connectivity index (χ3n) is 1.22. The van der Waals surface area contributed by atoms with E-state index in [1.165, 1.54) is 0 Å². The van der Waals surface area contributed by atoms with Crippen LogP contribution < -0.4 is 10.6 Å². The van der Waals surface area contributed by atoms with Gasteiger partial charge in [0.1, 0.15) is 5.54 Å². The lowest BCUT2D eigenvalue weighted by molar-refractivity contribution is -0.122. The van der Waals surface area contributed by atoms with Crippen molar-refractivity contribution in [3.63, 3.8) is 0 Å². The molecule has 0 unspecified atom stereocenters. The standard InChI is InChI=1S/C5H8N2O2.2ClH/c1-5(2)3(8)6-4(9)7-5;;/h1-2H3,(H2,6,7,8,9);2*1H. The molecule has 66 valence electrons. The molecule has 1 fully saturated rings. The first-order chi connectivity index (χ1) is 4.02. The Kier molecular flexibility index (Phi) is 4.51. The lowest BCUT2D eigenvalue weighted by Gasteiger charge is -2.11. The molecule has 3 amide bonds. The Hall–Kier alpha value is -0.480. The van der Waals surface area contributed by atoms with Crippen molar-refractivity contribution in [1.29, 1.82) is 0 Å². The summed E-state index contributed by atoms with van der Waals surface area (Å²) in [5.41, 5.74) is -0.725. The minimum absolute atomic E-state index is 0. The van der Waals surface area contributed by atoms with Gasteiger partial charge in [0.05, 0.1) is 0 Å². The zero-order valence-corrected chi connectivity index (χ0v) is 7.77. The molecule has 2 N–H and O–H groups in total. The highest BCUT2D eigenvalue weighted by Gasteiger charge is 2.36. The molecule has 1 aliphatic rings. The summed E-state index contributed by atoms with van der Waals surface area (Å²) < 4.78 is 0. The molecule has 0 radical (unpaired) electrons. The van der Waals surface area contributed by atoms with Crippen molar-refractivity contribution < 1.29 is 9.59 Å². The lowest BCUT2D eigenvalue weighted by atomic mass is 10.1. The first kappa shape index (κ1) is 13.1. The predicted octanol–water partition coefficient (Wildman–Crippen LogP) is 0.448. The maximum absolute atomic E-state index is 10.7. The van der Waals surface area contributed by atoms with Gasteiger partial charge in [-0.15, -0.1) is 24.8 Å². The molecule has 0 bridgehead atoms. The third kappa shape index (κ3) is 2.55. The van der Waals surface area contributed by atoms with Crippen molar-refractivity contribution >= 4 is 36.8 Å². The van der Waals surface area contributed by atoms with E-state index in [-0.39, 0.29) is 30.7 Å². The van der Waals surface area contributed by atoms with Crippen molar-refractivity contribution in [2.75, 3.05) is 0 Å². The second kappa shape index (κ2) is 3.78. The number of hydrogen-bond acceptors (Lipinski definition) is 2. The largest absolute Gasteiger partial charge is 0.324 e. The van der Waals surface area contributed by atoms with Crippen LogP contribution in [0.25, 0.3) is 0 Å². The molecule has 0 aliphatic carbocycles. The molecular formula is C5H10Cl2N2O2. The van der Waals surface area contributed by atoms with Gasteiger partial charge in [-0.05, 0) is 13.8 Å². The number of amides is 3. The number of halogens is 2. The van der Waals surface area contributed by atoms with E-state index in [0.717, 1.165) is 0 Å². The number of rotatable bonds is 0. The fourth-order valence-electron chi connectivity index (χ4n) is 0.631. The quantitative estimate of drug-likeness (QED) is 0.559. The number of imide groups is 1. The first-order valence-corrected chi connectivity index (χ1v) is 2.66. The molecule has 0 aromatic heterocycles. The summed E-state index contributed by atoms with van der Waals surface area (Å²) in [6.07, 6.45) is 0. The summed E-state index contributed by atoms with van der Waals surface area (Å²) in [7, 11) is 0. The molecular weight excluding hydrogens is 191 g/mol. The summed E-state index contributed by atoms with van der Waals surface area (Å²) >= 11 is 0. The van der Waals surface area contributed by atoms with Crippen LogP contribution in [0.15, 0.2) is 0 Å². The van der Waals surface area contributed by atoms with Gasteiger partial charge in [-0.2, -0.15) is 0 Å². The van der Waals surface area contributed by atoms with Gasteiger partial charge >= 0.3 is 6.03 Å². The van der Waals surface area contributed by atoms with Gasteiger partial charge in [-0.25, -0.2) is 4.79 Å². The Morgan fingerprint density at radius 1 is 1.18 bits per heavy atom. The Labute approximate surface area is 76.9 Å². The smallest absolute Gasteiger partial charge is 0.322 e. The first-order valence-electron chi connectivity index (χ1n) is 2.66. The number of carbonyl (C=O) groups is 2. The average molecular weight is 201 g/mol. The van der Waals surface area contributed by atoms with Crippen LogP contribution in [-0.2, 0) is 4.79 Å². The van der Waals surface area contributed by atoms with Crippen LogP contribution in [0, 0.1) is 0 Å².